The maximum atomic E-state index is 12.5. The summed E-state index contributed by atoms with van der Waals surface area (Å²) in [4.78, 5) is 29.0. The summed E-state index contributed by atoms with van der Waals surface area (Å²) < 4.78 is 0. The molecule has 0 bridgehead atoms. The van der Waals surface area contributed by atoms with Gasteiger partial charge in [-0.3, -0.25) is 4.79 Å². The number of carbonyl (C=O) groups excluding carboxylic acids is 1. The van der Waals surface area contributed by atoms with Gasteiger partial charge in [0.1, 0.15) is 0 Å². The molecule has 0 radical (unpaired) electrons. The Hall–Kier alpha value is -1.30. The van der Waals surface area contributed by atoms with Crippen molar-refractivity contribution in [1.29, 1.82) is 0 Å². The number of piperidine rings is 1. The molecule has 1 unspecified atom stereocenters. The number of nitrogens with zero attached hydrogens (tertiary/aromatic N) is 3. The number of hydrogen-bond acceptors (Lipinski definition) is 3. The number of carboxylic acid groups (broad SMARTS) is 1. The summed E-state index contributed by atoms with van der Waals surface area (Å²) >= 11 is 0. The van der Waals surface area contributed by atoms with Crippen molar-refractivity contribution in [3.63, 3.8) is 0 Å². The normalized spacial score (nSPS) is 18.6. The molecule has 1 fully saturated rings. The van der Waals surface area contributed by atoms with Crippen LogP contribution in [0.4, 0.5) is 4.79 Å². The van der Waals surface area contributed by atoms with Crippen molar-refractivity contribution in [1.82, 2.24) is 14.7 Å². The molecule has 20 heavy (non-hydrogen) atoms. The smallest absolute Gasteiger partial charge is 0.320 e. The third-order valence-corrected chi connectivity index (χ3v) is 4.13. The summed E-state index contributed by atoms with van der Waals surface area (Å²) in [6.45, 7) is 6.21. The molecule has 1 heterocycles. The summed E-state index contributed by atoms with van der Waals surface area (Å²) in [6, 6.07) is -0.0840. The molecule has 1 aliphatic heterocycles. The van der Waals surface area contributed by atoms with Crippen molar-refractivity contribution in [3.8, 4) is 0 Å². The van der Waals surface area contributed by atoms with Gasteiger partial charge in [0, 0.05) is 25.7 Å². The average molecular weight is 285 g/mol. The van der Waals surface area contributed by atoms with Crippen molar-refractivity contribution in [2.24, 2.45) is 0 Å². The maximum absolute atomic E-state index is 12.5. The van der Waals surface area contributed by atoms with Gasteiger partial charge in [-0.15, -0.1) is 0 Å². The second-order valence-corrected chi connectivity index (χ2v) is 5.66. The number of likely N-dealkylation sites (tertiary alicyclic amines) is 1. The largest absolute Gasteiger partial charge is 0.481 e. The molecule has 6 heteroatoms. The van der Waals surface area contributed by atoms with Crippen molar-refractivity contribution in [2.75, 3.05) is 33.7 Å². The zero-order chi connectivity index (χ0) is 15.3. The Balaban J connectivity index is 2.62. The lowest BCUT2D eigenvalue weighted by atomic mass is 10.0. The molecule has 0 spiro atoms. The zero-order valence-electron chi connectivity index (χ0n) is 13.0. The minimum Gasteiger partial charge on any atom is -0.481 e. The van der Waals surface area contributed by atoms with Gasteiger partial charge in [-0.25, -0.2) is 4.79 Å². The fourth-order valence-electron chi connectivity index (χ4n) is 2.74. The topological polar surface area (TPSA) is 64.1 Å². The number of hydrogen-bond donors (Lipinski definition) is 1. The highest BCUT2D eigenvalue weighted by atomic mass is 16.4. The number of carboxylic acids is 1. The molecule has 1 N–H and O–H groups in total. The van der Waals surface area contributed by atoms with E-state index in [1.807, 2.05) is 14.0 Å². The highest BCUT2D eigenvalue weighted by Gasteiger charge is 2.29. The van der Waals surface area contributed by atoms with E-state index in [2.05, 4.69) is 11.9 Å². The van der Waals surface area contributed by atoms with Crippen molar-refractivity contribution in [2.45, 2.75) is 45.2 Å². The third kappa shape index (κ3) is 4.37. The molecule has 6 nitrogen and oxygen atoms in total. The third-order valence-electron chi connectivity index (χ3n) is 4.13. The SMILES string of the molecule is CCN(C(=O)N(C)C1CCN(C)CC1)C(C)CC(=O)O. The monoisotopic (exact) mass is 285 g/mol. The molecule has 0 aromatic carbocycles. The minimum atomic E-state index is -0.870. The van der Waals surface area contributed by atoms with Crippen LogP contribution in [0.1, 0.15) is 33.1 Å². The fraction of sp³-hybridized carbons (Fsp3) is 0.857. The standard InChI is InChI=1S/C14H27N3O3/c1-5-17(11(2)10-13(18)19)14(20)16(4)12-6-8-15(3)9-7-12/h11-12H,5-10H2,1-4H3,(H,18,19). The first-order chi connectivity index (χ1) is 9.36. The summed E-state index contributed by atoms with van der Waals surface area (Å²) in [7, 11) is 3.92. The lowest BCUT2D eigenvalue weighted by Gasteiger charge is -2.39. The van der Waals surface area contributed by atoms with E-state index in [1.165, 1.54) is 0 Å². The van der Waals surface area contributed by atoms with Crippen LogP contribution in [0, 0.1) is 0 Å². The number of amides is 2. The van der Waals surface area contributed by atoms with Crippen LogP contribution in [-0.2, 0) is 4.79 Å². The van der Waals surface area contributed by atoms with Crippen LogP contribution in [-0.4, -0.2) is 77.6 Å². The number of aliphatic carboxylic acids is 1. The highest BCUT2D eigenvalue weighted by molar-refractivity contribution is 5.76. The Kier molecular flexibility index (Phi) is 6.26. The summed E-state index contributed by atoms with van der Waals surface area (Å²) in [6.07, 6.45) is 1.94. The van der Waals surface area contributed by atoms with Crippen LogP contribution in [0.25, 0.3) is 0 Å². The molecular weight excluding hydrogens is 258 g/mol. The quantitative estimate of drug-likeness (QED) is 0.827. The maximum Gasteiger partial charge on any atom is 0.320 e. The Morgan fingerprint density at radius 1 is 1.35 bits per heavy atom. The van der Waals surface area contributed by atoms with E-state index < -0.39 is 5.97 Å². The van der Waals surface area contributed by atoms with E-state index in [0.29, 0.717) is 6.54 Å². The van der Waals surface area contributed by atoms with Crippen LogP contribution in [0.5, 0.6) is 0 Å². The van der Waals surface area contributed by atoms with Gasteiger partial charge in [-0.05, 0) is 46.8 Å². The van der Waals surface area contributed by atoms with Gasteiger partial charge >= 0.3 is 12.0 Å². The first-order valence-electron chi connectivity index (χ1n) is 7.30. The van der Waals surface area contributed by atoms with Gasteiger partial charge in [0.15, 0.2) is 0 Å². The molecule has 1 saturated heterocycles. The molecule has 116 valence electrons. The minimum absolute atomic E-state index is 0.0131. The van der Waals surface area contributed by atoms with E-state index >= 15 is 0 Å². The summed E-state index contributed by atoms with van der Waals surface area (Å²) in [5.41, 5.74) is 0. The molecule has 0 aromatic heterocycles. The summed E-state index contributed by atoms with van der Waals surface area (Å²) in [5.74, 6) is -0.870. The molecule has 0 saturated carbocycles. The first-order valence-corrected chi connectivity index (χ1v) is 7.30. The number of rotatable bonds is 5. The fourth-order valence-corrected chi connectivity index (χ4v) is 2.74. The predicted octanol–water partition coefficient (Wildman–Crippen LogP) is 1.32. The van der Waals surface area contributed by atoms with Gasteiger partial charge in [-0.1, -0.05) is 0 Å². The lowest BCUT2D eigenvalue weighted by molar-refractivity contribution is -0.138. The van der Waals surface area contributed by atoms with Crippen molar-refractivity contribution in [3.05, 3.63) is 0 Å². The van der Waals surface area contributed by atoms with Crippen LogP contribution in [0.2, 0.25) is 0 Å². The summed E-state index contributed by atoms with van der Waals surface area (Å²) in [5, 5.41) is 8.87. The molecule has 0 aromatic rings. The Bertz CT molecular complexity index is 341. The van der Waals surface area contributed by atoms with E-state index in [-0.39, 0.29) is 24.5 Å². The van der Waals surface area contributed by atoms with Crippen LogP contribution >= 0.6 is 0 Å². The van der Waals surface area contributed by atoms with Gasteiger partial charge < -0.3 is 19.8 Å². The lowest BCUT2D eigenvalue weighted by Crippen LogP contribution is -2.52. The molecular formula is C14H27N3O3. The van der Waals surface area contributed by atoms with Gasteiger partial charge in [0.25, 0.3) is 0 Å². The van der Waals surface area contributed by atoms with Crippen molar-refractivity contribution >= 4 is 12.0 Å². The second-order valence-electron chi connectivity index (χ2n) is 5.66. The van der Waals surface area contributed by atoms with E-state index in [4.69, 9.17) is 5.11 Å². The molecule has 0 aliphatic carbocycles. The van der Waals surface area contributed by atoms with Crippen LogP contribution < -0.4 is 0 Å². The van der Waals surface area contributed by atoms with Gasteiger partial charge in [0.05, 0.1) is 6.42 Å². The molecule has 2 amide bonds. The molecule has 1 rings (SSSR count). The van der Waals surface area contributed by atoms with Crippen LogP contribution in [0.3, 0.4) is 0 Å². The van der Waals surface area contributed by atoms with Crippen LogP contribution in [0.15, 0.2) is 0 Å². The zero-order valence-corrected chi connectivity index (χ0v) is 13.0. The first kappa shape index (κ1) is 16.8. The van der Waals surface area contributed by atoms with Crippen molar-refractivity contribution < 1.29 is 14.7 Å². The predicted molar refractivity (Wildman–Crippen MR) is 77.8 cm³/mol. The average Bonchev–Trinajstić information content (AvgIpc) is 2.38. The second kappa shape index (κ2) is 7.47. The van der Waals surface area contributed by atoms with E-state index in [0.717, 1.165) is 25.9 Å². The Labute approximate surface area is 121 Å². The Morgan fingerprint density at radius 2 is 1.90 bits per heavy atom. The van der Waals surface area contributed by atoms with E-state index in [1.54, 1.807) is 16.7 Å². The van der Waals surface area contributed by atoms with E-state index in [9.17, 15) is 9.59 Å². The highest BCUT2D eigenvalue weighted by Crippen LogP contribution is 2.17. The van der Waals surface area contributed by atoms with Gasteiger partial charge in [0.2, 0.25) is 0 Å². The molecule has 1 atom stereocenters. The van der Waals surface area contributed by atoms with Gasteiger partial charge in [-0.2, -0.15) is 0 Å². The Morgan fingerprint density at radius 3 is 2.35 bits per heavy atom. The molecule has 1 aliphatic rings. The number of carbonyl (C=O) groups is 2. The number of urea groups is 1.